The molecule has 0 saturated carbocycles. The summed E-state index contributed by atoms with van der Waals surface area (Å²) < 4.78 is 7.91. The molecule has 2 atom stereocenters. The zero-order chi connectivity index (χ0) is 10.7. The molecule has 4 heteroatoms. The first-order chi connectivity index (χ1) is 7.31. The fourth-order valence-electron chi connectivity index (χ4n) is 2.06. The third-order valence-corrected chi connectivity index (χ3v) is 2.86. The van der Waals surface area contributed by atoms with Crippen LogP contribution in [0.2, 0.25) is 0 Å². The molecule has 0 aromatic carbocycles. The average Bonchev–Trinajstić information content (AvgIpc) is 2.66. The van der Waals surface area contributed by atoms with E-state index in [1.54, 1.807) is 0 Å². The number of hydrogen-bond acceptors (Lipinski definition) is 3. The molecule has 2 N–H and O–H groups in total. The number of nitrogens with two attached hydrogens (primary N) is 1. The van der Waals surface area contributed by atoms with Crippen molar-refractivity contribution < 1.29 is 4.74 Å². The Labute approximate surface area is 90.4 Å². The standard InChI is InChI=1S/C11H19N3O/c1-2-4-14-8-13-7-10(14)11-6-9(12)3-5-15-11/h7-9,11H,2-6,12H2,1H3. The van der Waals surface area contributed by atoms with Crippen LogP contribution >= 0.6 is 0 Å². The van der Waals surface area contributed by atoms with Gasteiger partial charge in [0.05, 0.1) is 18.2 Å². The summed E-state index contributed by atoms with van der Waals surface area (Å²) in [5, 5.41) is 0. The zero-order valence-corrected chi connectivity index (χ0v) is 9.22. The summed E-state index contributed by atoms with van der Waals surface area (Å²) in [6, 6.07) is 0.272. The highest BCUT2D eigenvalue weighted by molar-refractivity contribution is 5.04. The van der Waals surface area contributed by atoms with E-state index < -0.39 is 0 Å². The summed E-state index contributed by atoms with van der Waals surface area (Å²) >= 11 is 0. The molecule has 1 saturated heterocycles. The van der Waals surface area contributed by atoms with Crippen molar-refractivity contribution in [1.82, 2.24) is 9.55 Å². The van der Waals surface area contributed by atoms with Gasteiger partial charge in [0.15, 0.2) is 0 Å². The van der Waals surface area contributed by atoms with Crippen molar-refractivity contribution in [2.24, 2.45) is 5.73 Å². The van der Waals surface area contributed by atoms with Gasteiger partial charge in [-0.2, -0.15) is 0 Å². The van der Waals surface area contributed by atoms with E-state index in [2.05, 4.69) is 16.5 Å². The maximum Gasteiger partial charge on any atom is 0.100 e. The van der Waals surface area contributed by atoms with Crippen LogP contribution in [-0.4, -0.2) is 22.2 Å². The third-order valence-electron chi connectivity index (χ3n) is 2.86. The van der Waals surface area contributed by atoms with Gasteiger partial charge in [-0.3, -0.25) is 0 Å². The molecule has 0 amide bonds. The van der Waals surface area contributed by atoms with Gasteiger partial charge in [0, 0.05) is 19.2 Å². The molecule has 1 aliphatic rings. The molecule has 0 bridgehead atoms. The molecular weight excluding hydrogens is 190 g/mol. The fraction of sp³-hybridized carbons (Fsp3) is 0.727. The molecule has 2 heterocycles. The maximum absolute atomic E-state index is 5.95. The summed E-state index contributed by atoms with van der Waals surface area (Å²) in [7, 11) is 0. The van der Waals surface area contributed by atoms with Crippen LogP contribution in [0.5, 0.6) is 0 Å². The minimum Gasteiger partial charge on any atom is -0.372 e. The molecule has 1 fully saturated rings. The van der Waals surface area contributed by atoms with Crippen molar-refractivity contribution >= 4 is 0 Å². The monoisotopic (exact) mass is 209 g/mol. The molecular formula is C11H19N3O. The van der Waals surface area contributed by atoms with Crippen LogP contribution in [0, 0.1) is 0 Å². The van der Waals surface area contributed by atoms with Gasteiger partial charge in [-0.15, -0.1) is 0 Å². The normalized spacial score (nSPS) is 26.8. The molecule has 84 valence electrons. The van der Waals surface area contributed by atoms with Gasteiger partial charge in [0.1, 0.15) is 6.10 Å². The number of aromatic nitrogens is 2. The first kappa shape index (κ1) is 10.6. The van der Waals surface area contributed by atoms with Crippen LogP contribution < -0.4 is 5.73 Å². The van der Waals surface area contributed by atoms with Crippen molar-refractivity contribution in [3.05, 3.63) is 18.2 Å². The Hall–Kier alpha value is -0.870. The predicted octanol–water partition coefficient (Wildman–Crippen LogP) is 1.47. The Kier molecular flexibility index (Phi) is 3.38. The van der Waals surface area contributed by atoms with E-state index in [9.17, 15) is 0 Å². The zero-order valence-electron chi connectivity index (χ0n) is 9.22. The van der Waals surface area contributed by atoms with E-state index in [1.165, 1.54) is 5.69 Å². The summed E-state index contributed by atoms with van der Waals surface area (Å²) in [5.74, 6) is 0. The Morgan fingerprint density at radius 2 is 2.53 bits per heavy atom. The van der Waals surface area contributed by atoms with Gasteiger partial charge < -0.3 is 15.0 Å². The second kappa shape index (κ2) is 4.77. The van der Waals surface area contributed by atoms with Gasteiger partial charge >= 0.3 is 0 Å². The van der Waals surface area contributed by atoms with Gasteiger partial charge in [-0.05, 0) is 19.3 Å². The maximum atomic E-state index is 5.95. The molecule has 0 radical (unpaired) electrons. The van der Waals surface area contributed by atoms with Crippen LogP contribution in [0.4, 0.5) is 0 Å². The Morgan fingerprint density at radius 3 is 3.27 bits per heavy atom. The lowest BCUT2D eigenvalue weighted by molar-refractivity contribution is 0.00202. The average molecular weight is 209 g/mol. The lowest BCUT2D eigenvalue weighted by atomic mass is 10.0. The molecule has 0 spiro atoms. The van der Waals surface area contributed by atoms with Crippen LogP contribution in [0.3, 0.4) is 0 Å². The summed E-state index contributed by atoms with van der Waals surface area (Å²) in [6.45, 7) is 3.94. The molecule has 0 aliphatic carbocycles. The molecule has 2 unspecified atom stereocenters. The van der Waals surface area contributed by atoms with Gasteiger partial charge in [-0.25, -0.2) is 4.98 Å². The van der Waals surface area contributed by atoms with Crippen LogP contribution in [-0.2, 0) is 11.3 Å². The first-order valence-electron chi connectivity index (χ1n) is 5.68. The Balaban J connectivity index is 2.10. The predicted molar refractivity (Wildman–Crippen MR) is 58.4 cm³/mol. The quantitative estimate of drug-likeness (QED) is 0.820. The minimum absolute atomic E-state index is 0.141. The van der Waals surface area contributed by atoms with Crippen LogP contribution in [0.1, 0.15) is 38.0 Å². The first-order valence-corrected chi connectivity index (χ1v) is 5.68. The van der Waals surface area contributed by atoms with Gasteiger partial charge in [0.25, 0.3) is 0 Å². The van der Waals surface area contributed by atoms with E-state index in [4.69, 9.17) is 10.5 Å². The number of ether oxygens (including phenoxy) is 1. The molecule has 15 heavy (non-hydrogen) atoms. The van der Waals surface area contributed by atoms with Crippen molar-refractivity contribution in [3.63, 3.8) is 0 Å². The lowest BCUT2D eigenvalue weighted by Gasteiger charge is -2.27. The summed E-state index contributed by atoms with van der Waals surface area (Å²) in [4.78, 5) is 4.18. The lowest BCUT2D eigenvalue weighted by Crippen LogP contribution is -2.31. The fourth-order valence-corrected chi connectivity index (χ4v) is 2.06. The number of nitrogens with zero attached hydrogens (tertiary/aromatic N) is 2. The van der Waals surface area contributed by atoms with Crippen molar-refractivity contribution in [3.8, 4) is 0 Å². The highest BCUT2D eigenvalue weighted by Crippen LogP contribution is 2.27. The van der Waals surface area contributed by atoms with E-state index in [1.807, 2.05) is 12.5 Å². The number of aryl methyl sites for hydroxylation is 1. The highest BCUT2D eigenvalue weighted by Gasteiger charge is 2.23. The summed E-state index contributed by atoms with van der Waals surface area (Å²) in [6.07, 6.45) is 6.92. The molecule has 2 rings (SSSR count). The number of hydrogen-bond donors (Lipinski definition) is 1. The Morgan fingerprint density at radius 1 is 1.67 bits per heavy atom. The Bertz CT molecular complexity index is 311. The number of rotatable bonds is 3. The van der Waals surface area contributed by atoms with Crippen molar-refractivity contribution in [2.75, 3.05) is 6.61 Å². The van der Waals surface area contributed by atoms with Gasteiger partial charge in [-0.1, -0.05) is 6.92 Å². The van der Waals surface area contributed by atoms with Gasteiger partial charge in [0.2, 0.25) is 0 Å². The smallest absolute Gasteiger partial charge is 0.100 e. The second-order valence-corrected chi connectivity index (χ2v) is 4.16. The van der Waals surface area contributed by atoms with Crippen LogP contribution in [0.15, 0.2) is 12.5 Å². The van der Waals surface area contributed by atoms with Crippen molar-refractivity contribution in [2.45, 2.75) is 44.9 Å². The highest BCUT2D eigenvalue weighted by atomic mass is 16.5. The topological polar surface area (TPSA) is 53.1 Å². The van der Waals surface area contributed by atoms with E-state index in [0.29, 0.717) is 0 Å². The van der Waals surface area contributed by atoms with E-state index in [0.717, 1.165) is 32.4 Å². The largest absolute Gasteiger partial charge is 0.372 e. The second-order valence-electron chi connectivity index (χ2n) is 4.16. The minimum atomic E-state index is 0.141. The number of imidazole rings is 1. The van der Waals surface area contributed by atoms with E-state index >= 15 is 0 Å². The molecule has 4 nitrogen and oxygen atoms in total. The third kappa shape index (κ3) is 2.38. The van der Waals surface area contributed by atoms with Crippen LogP contribution in [0.25, 0.3) is 0 Å². The molecule has 1 aromatic rings. The van der Waals surface area contributed by atoms with Crippen molar-refractivity contribution in [1.29, 1.82) is 0 Å². The SMILES string of the molecule is CCCn1cncc1C1CC(N)CCO1. The summed E-state index contributed by atoms with van der Waals surface area (Å²) in [5.41, 5.74) is 7.12. The molecule has 1 aliphatic heterocycles. The molecule has 1 aromatic heterocycles. The van der Waals surface area contributed by atoms with E-state index in [-0.39, 0.29) is 12.1 Å².